The summed E-state index contributed by atoms with van der Waals surface area (Å²) in [5, 5.41) is 6.01. The molecule has 128 valence electrons. The third-order valence-corrected chi connectivity index (χ3v) is 3.28. The van der Waals surface area contributed by atoms with E-state index in [9.17, 15) is 4.79 Å². The molecule has 0 aliphatic carbocycles. The Morgan fingerprint density at radius 2 is 1.83 bits per heavy atom. The van der Waals surface area contributed by atoms with Gasteiger partial charge < -0.3 is 20.1 Å². The summed E-state index contributed by atoms with van der Waals surface area (Å²) >= 11 is 5.98. The van der Waals surface area contributed by atoms with Gasteiger partial charge in [0.2, 0.25) is 0 Å². The van der Waals surface area contributed by atoms with Crippen molar-refractivity contribution in [2.45, 2.75) is 20.0 Å². The maximum atomic E-state index is 11.8. The van der Waals surface area contributed by atoms with Crippen LogP contribution in [0.15, 0.2) is 48.5 Å². The average Bonchev–Trinajstić information content (AvgIpc) is 2.54. The minimum absolute atomic E-state index is 0.116. The zero-order chi connectivity index (χ0) is 17.4. The van der Waals surface area contributed by atoms with Crippen LogP contribution in [0, 0.1) is 0 Å². The van der Waals surface area contributed by atoms with Crippen LogP contribution in [-0.2, 0) is 0 Å². The van der Waals surface area contributed by atoms with Crippen molar-refractivity contribution in [1.82, 2.24) is 5.32 Å². The van der Waals surface area contributed by atoms with Crippen molar-refractivity contribution < 1.29 is 14.3 Å². The van der Waals surface area contributed by atoms with Crippen molar-refractivity contribution >= 4 is 23.3 Å². The van der Waals surface area contributed by atoms with E-state index in [0.29, 0.717) is 29.6 Å². The SMILES string of the molecule is CC(C)Oc1ccc(NC(=O)NCCOc2ccccc2Cl)cc1. The molecule has 6 heteroatoms. The number of hydrogen-bond donors (Lipinski definition) is 2. The summed E-state index contributed by atoms with van der Waals surface area (Å²) in [6.45, 7) is 4.62. The van der Waals surface area contributed by atoms with E-state index in [-0.39, 0.29) is 12.1 Å². The highest BCUT2D eigenvalue weighted by molar-refractivity contribution is 6.32. The van der Waals surface area contributed by atoms with E-state index in [0.717, 1.165) is 5.75 Å². The molecular weight excluding hydrogens is 328 g/mol. The van der Waals surface area contributed by atoms with Gasteiger partial charge in [-0.1, -0.05) is 23.7 Å². The van der Waals surface area contributed by atoms with Gasteiger partial charge in [0.25, 0.3) is 0 Å². The van der Waals surface area contributed by atoms with Crippen LogP contribution in [0.5, 0.6) is 11.5 Å². The van der Waals surface area contributed by atoms with Crippen molar-refractivity contribution in [2.24, 2.45) is 0 Å². The van der Waals surface area contributed by atoms with Crippen molar-refractivity contribution in [3.63, 3.8) is 0 Å². The number of urea groups is 1. The van der Waals surface area contributed by atoms with Gasteiger partial charge in [-0.05, 0) is 50.2 Å². The van der Waals surface area contributed by atoms with Crippen LogP contribution in [0.4, 0.5) is 10.5 Å². The Hall–Kier alpha value is -2.40. The zero-order valence-corrected chi connectivity index (χ0v) is 14.5. The molecule has 24 heavy (non-hydrogen) atoms. The second kappa shape index (κ2) is 9.03. The topological polar surface area (TPSA) is 59.6 Å². The van der Waals surface area contributed by atoms with Crippen LogP contribution < -0.4 is 20.1 Å². The Kier molecular flexibility index (Phi) is 6.75. The lowest BCUT2D eigenvalue weighted by molar-refractivity contribution is 0.242. The lowest BCUT2D eigenvalue weighted by Crippen LogP contribution is -2.32. The molecule has 2 aromatic rings. The largest absolute Gasteiger partial charge is 0.491 e. The molecule has 2 amide bonds. The lowest BCUT2D eigenvalue weighted by Gasteiger charge is -2.11. The molecule has 5 nitrogen and oxygen atoms in total. The number of carbonyl (C=O) groups is 1. The molecule has 0 radical (unpaired) electrons. The highest BCUT2D eigenvalue weighted by Crippen LogP contribution is 2.22. The summed E-state index contributed by atoms with van der Waals surface area (Å²) in [5.74, 6) is 1.37. The predicted octanol–water partition coefficient (Wildman–Crippen LogP) is 4.33. The Labute approximate surface area is 146 Å². The predicted molar refractivity (Wildman–Crippen MR) is 96.2 cm³/mol. The number of halogens is 1. The number of nitrogens with one attached hydrogen (secondary N) is 2. The third-order valence-electron chi connectivity index (χ3n) is 2.97. The Balaban J connectivity index is 1.70. The summed E-state index contributed by atoms with van der Waals surface area (Å²) in [4.78, 5) is 11.8. The van der Waals surface area contributed by atoms with E-state index < -0.39 is 0 Å². The fraction of sp³-hybridized carbons (Fsp3) is 0.278. The van der Waals surface area contributed by atoms with Gasteiger partial charge in [0.05, 0.1) is 17.7 Å². The third kappa shape index (κ3) is 6.01. The van der Waals surface area contributed by atoms with Gasteiger partial charge >= 0.3 is 6.03 Å². The van der Waals surface area contributed by atoms with Crippen molar-refractivity contribution in [1.29, 1.82) is 0 Å². The highest BCUT2D eigenvalue weighted by atomic mass is 35.5. The van der Waals surface area contributed by atoms with E-state index in [2.05, 4.69) is 10.6 Å². The molecule has 2 aromatic carbocycles. The molecule has 0 fully saturated rings. The highest BCUT2D eigenvalue weighted by Gasteiger charge is 2.03. The normalized spacial score (nSPS) is 10.3. The van der Waals surface area contributed by atoms with Crippen LogP contribution in [0.1, 0.15) is 13.8 Å². The first kappa shape index (κ1) is 17.9. The van der Waals surface area contributed by atoms with Crippen molar-refractivity contribution in [3.05, 3.63) is 53.6 Å². The van der Waals surface area contributed by atoms with E-state index in [1.165, 1.54) is 0 Å². The number of amides is 2. The summed E-state index contributed by atoms with van der Waals surface area (Å²) in [6.07, 6.45) is 0.116. The first-order chi connectivity index (χ1) is 11.5. The van der Waals surface area contributed by atoms with Gasteiger partial charge in [0, 0.05) is 5.69 Å². The first-order valence-corrected chi connectivity index (χ1v) is 8.11. The van der Waals surface area contributed by atoms with E-state index in [4.69, 9.17) is 21.1 Å². The van der Waals surface area contributed by atoms with Gasteiger partial charge in [0.1, 0.15) is 18.1 Å². The molecule has 0 saturated carbocycles. The fourth-order valence-corrected chi connectivity index (χ4v) is 2.14. The molecule has 0 bridgehead atoms. The molecule has 0 spiro atoms. The van der Waals surface area contributed by atoms with Crippen molar-refractivity contribution in [3.8, 4) is 11.5 Å². The minimum atomic E-state index is -0.296. The monoisotopic (exact) mass is 348 g/mol. The molecule has 0 atom stereocenters. The number of ether oxygens (including phenoxy) is 2. The maximum Gasteiger partial charge on any atom is 0.319 e. The summed E-state index contributed by atoms with van der Waals surface area (Å²) in [5.41, 5.74) is 0.690. The summed E-state index contributed by atoms with van der Waals surface area (Å²) < 4.78 is 11.0. The van der Waals surface area contributed by atoms with Crippen molar-refractivity contribution in [2.75, 3.05) is 18.5 Å². The number of anilines is 1. The number of para-hydroxylation sites is 1. The molecule has 2 N–H and O–H groups in total. The molecular formula is C18H21ClN2O3. The van der Waals surface area contributed by atoms with Gasteiger partial charge in [0.15, 0.2) is 0 Å². The van der Waals surface area contributed by atoms with Gasteiger partial charge in [-0.25, -0.2) is 4.79 Å². The van der Waals surface area contributed by atoms with E-state index in [1.807, 2.05) is 38.1 Å². The van der Waals surface area contributed by atoms with Gasteiger partial charge in [-0.2, -0.15) is 0 Å². The lowest BCUT2D eigenvalue weighted by atomic mass is 10.3. The summed E-state index contributed by atoms with van der Waals surface area (Å²) in [6, 6.07) is 14.1. The maximum absolute atomic E-state index is 11.8. The van der Waals surface area contributed by atoms with Crippen LogP contribution in [0.3, 0.4) is 0 Å². The Morgan fingerprint density at radius 1 is 1.12 bits per heavy atom. The first-order valence-electron chi connectivity index (χ1n) is 7.73. The molecule has 0 aliphatic rings. The minimum Gasteiger partial charge on any atom is -0.491 e. The quantitative estimate of drug-likeness (QED) is 0.732. The molecule has 0 saturated heterocycles. The van der Waals surface area contributed by atoms with Gasteiger partial charge in [-0.15, -0.1) is 0 Å². The van der Waals surface area contributed by atoms with Crippen LogP contribution in [-0.4, -0.2) is 25.3 Å². The number of hydrogen-bond acceptors (Lipinski definition) is 3. The molecule has 0 heterocycles. The second-order valence-corrected chi connectivity index (χ2v) is 5.76. The molecule has 0 aromatic heterocycles. The second-order valence-electron chi connectivity index (χ2n) is 5.35. The van der Waals surface area contributed by atoms with Crippen LogP contribution in [0.2, 0.25) is 5.02 Å². The fourth-order valence-electron chi connectivity index (χ4n) is 1.95. The Bertz CT molecular complexity index is 660. The van der Waals surface area contributed by atoms with E-state index in [1.54, 1.807) is 24.3 Å². The summed E-state index contributed by atoms with van der Waals surface area (Å²) in [7, 11) is 0. The number of rotatable bonds is 7. The molecule has 2 rings (SSSR count). The molecule has 0 aliphatic heterocycles. The van der Waals surface area contributed by atoms with E-state index >= 15 is 0 Å². The standard InChI is InChI=1S/C18H21ClN2O3/c1-13(2)24-15-9-7-14(8-10-15)21-18(22)20-11-12-23-17-6-4-3-5-16(17)19/h3-10,13H,11-12H2,1-2H3,(H2,20,21,22). The smallest absolute Gasteiger partial charge is 0.319 e. The van der Waals surface area contributed by atoms with Crippen LogP contribution in [0.25, 0.3) is 0 Å². The Morgan fingerprint density at radius 3 is 2.50 bits per heavy atom. The molecule has 0 unspecified atom stereocenters. The zero-order valence-electron chi connectivity index (χ0n) is 13.7. The number of benzene rings is 2. The average molecular weight is 349 g/mol. The number of carbonyl (C=O) groups excluding carboxylic acids is 1. The van der Waals surface area contributed by atoms with Gasteiger partial charge in [-0.3, -0.25) is 0 Å². The van der Waals surface area contributed by atoms with Crippen LogP contribution >= 0.6 is 11.6 Å².